The van der Waals surface area contributed by atoms with Gasteiger partial charge in [-0.25, -0.2) is 18.1 Å². The molecule has 0 amide bonds. The van der Waals surface area contributed by atoms with Crippen LogP contribution in [0.15, 0.2) is 24.3 Å². The van der Waals surface area contributed by atoms with E-state index in [1.54, 1.807) is 25.7 Å². The predicted molar refractivity (Wildman–Crippen MR) is 125 cm³/mol. The Bertz CT molecular complexity index is 1220. The standard InChI is InChI=1S/C25H25F5N2O3S/c1-23(2,3)35-22(34)32-17-7-10-31(20(36)12-19(33)24(8-9-24)25(28,29)30)13-14(17)11-18(32)21-15(26)5-4-6-16(21)27/h4-6,11H,7-10,12-13H2,1-3H3. The second-order valence-electron chi connectivity index (χ2n) is 10.2. The average Bonchev–Trinajstić information content (AvgIpc) is 3.48. The summed E-state index contributed by atoms with van der Waals surface area (Å²) >= 11 is 5.32. The van der Waals surface area contributed by atoms with Crippen molar-refractivity contribution in [3.8, 4) is 11.3 Å². The monoisotopic (exact) mass is 528 g/mol. The van der Waals surface area contributed by atoms with E-state index in [-0.39, 0.29) is 43.0 Å². The molecule has 1 fully saturated rings. The van der Waals surface area contributed by atoms with Crippen LogP contribution in [0.4, 0.5) is 26.7 Å². The molecule has 0 unspecified atom stereocenters. The minimum atomic E-state index is -4.61. The van der Waals surface area contributed by atoms with Crippen molar-refractivity contribution < 1.29 is 36.3 Å². The molecule has 2 aromatic rings. The molecule has 1 aliphatic carbocycles. The lowest BCUT2D eigenvalue weighted by Crippen LogP contribution is -2.40. The fraction of sp³-hybridized carbons (Fsp3) is 0.480. The molecule has 2 heterocycles. The minimum absolute atomic E-state index is 0.0392. The summed E-state index contributed by atoms with van der Waals surface area (Å²) in [4.78, 5) is 27.2. The number of carbonyl (C=O) groups excluding carboxylic acids is 2. The van der Waals surface area contributed by atoms with Crippen molar-refractivity contribution in [3.05, 3.63) is 47.2 Å². The Balaban J connectivity index is 1.65. The molecule has 0 N–H and O–H groups in total. The normalized spacial score (nSPS) is 16.9. The van der Waals surface area contributed by atoms with Gasteiger partial charge in [-0.3, -0.25) is 4.79 Å². The molecule has 0 bridgehead atoms. The Labute approximate surface area is 210 Å². The summed E-state index contributed by atoms with van der Waals surface area (Å²) in [5.74, 6) is -2.68. The molecule has 11 heteroatoms. The Morgan fingerprint density at radius 2 is 1.72 bits per heavy atom. The number of ketones is 1. The van der Waals surface area contributed by atoms with Crippen LogP contribution in [0.2, 0.25) is 0 Å². The van der Waals surface area contributed by atoms with Crippen LogP contribution in [0.5, 0.6) is 0 Å². The number of alkyl halides is 3. The first-order valence-corrected chi connectivity index (χ1v) is 11.8. The molecular weight excluding hydrogens is 503 g/mol. The van der Waals surface area contributed by atoms with E-state index in [2.05, 4.69) is 0 Å². The minimum Gasteiger partial charge on any atom is -0.443 e. The topological polar surface area (TPSA) is 51.5 Å². The SMILES string of the molecule is CC(C)(C)OC(=O)n1c(-c2c(F)cccc2F)cc2c1CCN(C(=S)CC(=O)C1(C(F)(F)F)CC1)C2. The molecule has 5 nitrogen and oxygen atoms in total. The summed E-state index contributed by atoms with van der Waals surface area (Å²) < 4.78 is 75.9. The molecule has 0 atom stereocenters. The van der Waals surface area contributed by atoms with Gasteiger partial charge in [0.05, 0.1) is 22.7 Å². The third-order valence-corrected chi connectivity index (χ3v) is 6.86. The number of ether oxygens (including phenoxy) is 1. The number of halogens is 5. The van der Waals surface area contributed by atoms with Crippen molar-refractivity contribution in [1.29, 1.82) is 0 Å². The van der Waals surface area contributed by atoms with Gasteiger partial charge in [-0.1, -0.05) is 18.3 Å². The molecule has 36 heavy (non-hydrogen) atoms. The smallest absolute Gasteiger partial charge is 0.419 e. The van der Waals surface area contributed by atoms with Crippen LogP contribution in [0.25, 0.3) is 11.3 Å². The molecule has 1 saturated carbocycles. The summed E-state index contributed by atoms with van der Waals surface area (Å²) in [6.45, 7) is 5.27. The van der Waals surface area contributed by atoms with Gasteiger partial charge in [-0.15, -0.1) is 0 Å². The number of hydrogen-bond donors (Lipinski definition) is 0. The summed E-state index contributed by atoms with van der Waals surface area (Å²) in [5, 5.41) is 0. The predicted octanol–water partition coefficient (Wildman–Crippen LogP) is 6.20. The highest BCUT2D eigenvalue weighted by Crippen LogP contribution is 2.58. The van der Waals surface area contributed by atoms with E-state index in [1.165, 1.54) is 12.1 Å². The Hall–Kier alpha value is -2.82. The lowest BCUT2D eigenvalue weighted by molar-refractivity contribution is -0.190. The van der Waals surface area contributed by atoms with Gasteiger partial charge in [-0.2, -0.15) is 13.2 Å². The molecule has 0 spiro atoms. The molecular formula is C25H25F5N2O3S. The number of benzene rings is 1. The zero-order valence-electron chi connectivity index (χ0n) is 20.0. The quantitative estimate of drug-likeness (QED) is 0.349. The van der Waals surface area contributed by atoms with Crippen molar-refractivity contribution in [2.24, 2.45) is 5.41 Å². The highest BCUT2D eigenvalue weighted by molar-refractivity contribution is 7.80. The molecule has 1 aliphatic heterocycles. The van der Waals surface area contributed by atoms with Gasteiger partial charge in [0, 0.05) is 25.2 Å². The number of fused-ring (bicyclic) bond motifs is 1. The Morgan fingerprint density at radius 3 is 2.25 bits per heavy atom. The second kappa shape index (κ2) is 8.93. The third kappa shape index (κ3) is 4.77. The molecule has 194 valence electrons. The van der Waals surface area contributed by atoms with Gasteiger partial charge in [0.15, 0.2) is 5.78 Å². The number of aromatic nitrogens is 1. The van der Waals surface area contributed by atoms with Crippen LogP contribution >= 0.6 is 12.2 Å². The number of nitrogens with zero attached hydrogens (tertiary/aromatic N) is 2. The van der Waals surface area contributed by atoms with Crippen LogP contribution in [0, 0.1) is 17.0 Å². The van der Waals surface area contributed by atoms with Crippen LogP contribution in [0.3, 0.4) is 0 Å². The number of carbonyl (C=O) groups is 2. The van der Waals surface area contributed by atoms with Gasteiger partial charge in [-0.05, 0) is 57.4 Å². The summed E-state index contributed by atoms with van der Waals surface area (Å²) in [6.07, 6.45) is -6.22. The summed E-state index contributed by atoms with van der Waals surface area (Å²) in [6, 6.07) is 4.81. The molecule has 0 saturated heterocycles. The van der Waals surface area contributed by atoms with Crippen LogP contribution in [-0.2, 0) is 22.5 Å². The summed E-state index contributed by atoms with van der Waals surface area (Å²) in [5.41, 5.74) is -2.66. The van der Waals surface area contributed by atoms with E-state index in [1.807, 2.05) is 0 Å². The molecule has 4 rings (SSSR count). The van der Waals surface area contributed by atoms with E-state index in [9.17, 15) is 31.5 Å². The first-order chi connectivity index (χ1) is 16.6. The average molecular weight is 529 g/mol. The molecule has 1 aromatic carbocycles. The molecule has 0 radical (unpaired) electrons. The van der Waals surface area contributed by atoms with Crippen molar-refractivity contribution in [2.75, 3.05) is 6.54 Å². The van der Waals surface area contributed by atoms with Gasteiger partial charge >= 0.3 is 12.3 Å². The van der Waals surface area contributed by atoms with Gasteiger partial charge in [0.1, 0.15) is 22.7 Å². The van der Waals surface area contributed by atoms with Gasteiger partial charge < -0.3 is 9.64 Å². The zero-order chi connectivity index (χ0) is 26.6. The van der Waals surface area contributed by atoms with Crippen LogP contribution in [-0.4, -0.2) is 44.7 Å². The van der Waals surface area contributed by atoms with E-state index in [0.29, 0.717) is 11.3 Å². The van der Waals surface area contributed by atoms with Crippen molar-refractivity contribution in [3.63, 3.8) is 0 Å². The summed E-state index contributed by atoms with van der Waals surface area (Å²) in [7, 11) is 0. The lowest BCUT2D eigenvalue weighted by atomic mass is 9.97. The van der Waals surface area contributed by atoms with E-state index < -0.39 is 52.7 Å². The first-order valence-electron chi connectivity index (χ1n) is 11.4. The van der Waals surface area contributed by atoms with Gasteiger partial charge in [0.2, 0.25) is 0 Å². The van der Waals surface area contributed by atoms with Crippen LogP contribution in [0.1, 0.15) is 51.3 Å². The number of thiocarbonyl (C=S) groups is 1. The maximum atomic E-state index is 14.7. The fourth-order valence-corrected chi connectivity index (χ4v) is 4.74. The van der Waals surface area contributed by atoms with E-state index in [0.717, 1.165) is 16.7 Å². The second-order valence-corrected chi connectivity index (χ2v) is 10.6. The van der Waals surface area contributed by atoms with Crippen LogP contribution < -0.4 is 0 Å². The largest absolute Gasteiger partial charge is 0.443 e. The van der Waals surface area contributed by atoms with Gasteiger partial charge in [0.25, 0.3) is 0 Å². The fourth-order valence-electron chi connectivity index (χ4n) is 4.46. The number of hydrogen-bond acceptors (Lipinski definition) is 4. The maximum Gasteiger partial charge on any atom is 0.419 e. The van der Waals surface area contributed by atoms with Crippen molar-refractivity contribution >= 4 is 29.1 Å². The first kappa shape index (κ1) is 26.2. The number of Topliss-reactive ketones (excluding diaryl/α,β-unsaturated/α-hetero) is 1. The van der Waals surface area contributed by atoms with Crippen molar-refractivity contribution in [1.82, 2.24) is 9.47 Å². The Kier molecular flexibility index (Phi) is 6.51. The lowest BCUT2D eigenvalue weighted by Gasteiger charge is -2.31. The highest BCUT2D eigenvalue weighted by Gasteiger charge is 2.67. The molecule has 2 aliphatic rings. The van der Waals surface area contributed by atoms with Crippen molar-refractivity contribution in [2.45, 2.75) is 64.8 Å². The third-order valence-electron chi connectivity index (χ3n) is 6.46. The van der Waals surface area contributed by atoms with E-state index >= 15 is 0 Å². The Morgan fingerprint density at radius 1 is 1.11 bits per heavy atom. The van der Waals surface area contributed by atoms with E-state index in [4.69, 9.17) is 17.0 Å². The number of rotatable bonds is 4. The highest BCUT2D eigenvalue weighted by atomic mass is 32.1. The maximum absolute atomic E-state index is 14.7. The zero-order valence-corrected chi connectivity index (χ0v) is 20.8. The molecule has 1 aromatic heterocycles.